The molecule has 0 amide bonds. The summed E-state index contributed by atoms with van der Waals surface area (Å²) in [6.45, 7) is 1.77. The molecule has 3 nitrogen and oxygen atoms in total. The average Bonchev–Trinajstić information content (AvgIpc) is 2.76. The van der Waals surface area contributed by atoms with Crippen molar-refractivity contribution in [3.05, 3.63) is 59.2 Å². The van der Waals surface area contributed by atoms with Crippen molar-refractivity contribution >= 4 is 6.16 Å². The predicted molar refractivity (Wildman–Crippen MR) is 72.2 cm³/mol. The van der Waals surface area contributed by atoms with Gasteiger partial charge in [0.25, 0.3) is 0 Å². The summed E-state index contributed by atoms with van der Waals surface area (Å²) in [5.41, 5.74) is 5.84. The molecule has 1 unspecified atom stereocenters. The third kappa shape index (κ3) is 1.97. The number of carbonyl (C=O) groups is 1. The van der Waals surface area contributed by atoms with Gasteiger partial charge >= 0.3 is 6.16 Å². The van der Waals surface area contributed by atoms with Crippen LogP contribution in [-0.2, 0) is 11.2 Å². The Hall–Kier alpha value is -2.29. The third-order valence-electron chi connectivity index (χ3n) is 3.60. The van der Waals surface area contributed by atoms with E-state index in [4.69, 9.17) is 9.84 Å². The summed E-state index contributed by atoms with van der Waals surface area (Å²) >= 11 is 0. The van der Waals surface area contributed by atoms with E-state index in [1.54, 1.807) is 6.92 Å². The van der Waals surface area contributed by atoms with Crippen LogP contribution in [0.3, 0.4) is 0 Å². The molecule has 1 atom stereocenters. The number of benzene rings is 2. The van der Waals surface area contributed by atoms with E-state index < -0.39 is 12.3 Å². The molecule has 1 N–H and O–H groups in total. The van der Waals surface area contributed by atoms with Crippen LogP contribution in [0, 0.1) is 0 Å². The first-order valence-corrected chi connectivity index (χ1v) is 6.26. The van der Waals surface area contributed by atoms with E-state index in [1.165, 1.54) is 22.3 Å². The highest BCUT2D eigenvalue weighted by Crippen LogP contribution is 2.40. The molecule has 0 heterocycles. The highest BCUT2D eigenvalue weighted by molar-refractivity contribution is 5.78. The van der Waals surface area contributed by atoms with Crippen molar-refractivity contribution in [2.24, 2.45) is 0 Å². The minimum atomic E-state index is -1.24. The van der Waals surface area contributed by atoms with Gasteiger partial charge in [-0.05, 0) is 41.2 Å². The second-order valence-electron chi connectivity index (χ2n) is 4.73. The van der Waals surface area contributed by atoms with Crippen molar-refractivity contribution in [2.75, 3.05) is 0 Å². The van der Waals surface area contributed by atoms with Crippen molar-refractivity contribution in [2.45, 2.75) is 19.4 Å². The Balaban J connectivity index is 2.06. The van der Waals surface area contributed by atoms with Crippen LogP contribution in [0.5, 0.6) is 0 Å². The summed E-state index contributed by atoms with van der Waals surface area (Å²) in [4.78, 5) is 10.7. The van der Waals surface area contributed by atoms with E-state index in [0.29, 0.717) is 0 Å². The summed E-state index contributed by atoms with van der Waals surface area (Å²) in [7, 11) is 0. The fourth-order valence-corrected chi connectivity index (χ4v) is 2.78. The van der Waals surface area contributed by atoms with Gasteiger partial charge in [0.2, 0.25) is 0 Å². The van der Waals surface area contributed by atoms with Gasteiger partial charge < -0.3 is 9.84 Å². The molecule has 96 valence electrons. The highest BCUT2D eigenvalue weighted by Gasteiger charge is 2.23. The average molecular weight is 254 g/mol. The highest BCUT2D eigenvalue weighted by atomic mass is 16.7. The van der Waals surface area contributed by atoms with Crippen molar-refractivity contribution in [1.29, 1.82) is 0 Å². The molecule has 0 bridgehead atoms. The number of hydrogen-bond donors (Lipinski definition) is 1. The van der Waals surface area contributed by atoms with Crippen LogP contribution in [-0.4, -0.2) is 11.3 Å². The zero-order chi connectivity index (χ0) is 13.4. The lowest BCUT2D eigenvalue weighted by atomic mass is 9.98. The number of fused-ring (bicyclic) bond motifs is 3. The summed E-state index contributed by atoms with van der Waals surface area (Å²) in [6.07, 6.45) is -0.836. The molecule has 0 spiro atoms. The van der Waals surface area contributed by atoms with Gasteiger partial charge in [0, 0.05) is 0 Å². The molecule has 2 aromatic rings. The van der Waals surface area contributed by atoms with Gasteiger partial charge in [-0.25, -0.2) is 4.79 Å². The molecule has 19 heavy (non-hydrogen) atoms. The predicted octanol–water partition coefficient (Wildman–Crippen LogP) is 4.01. The molecule has 0 saturated heterocycles. The van der Waals surface area contributed by atoms with Crippen LogP contribution in [0.4, 0.5) is 4.79 Å². The monoisotopic (exact) mass is 254 g/mol. The standard InChI is InChI=1S/C16H14O3/c1-10(19-16(17)18)12-7-4-8-14-13-6-3-2-5-11(13)9-15(12)14/h2-8,10H,9H2,1H3,(H,17,18). The Labute approximate surface area is 111 Å². The van der Waals surface area contributed by atoms with E-state index in [-0.39, 0.29) is 0 Å². The summed E-state index contributed by atoms with van der Waals surface area (Å²) in [6, 6.07) is 14.3. The van der Waals surface area contributed by atoms with Crippen LogP contribution in [0.1, 0.15) is 29.7 Å². The molecule has 0 aliphatic heterocycles. The maximum Gasteiger partial charge on any atom is 0.506 e. The van der Waals surface area contributed by atoms with E-state index in [1.807, 2.05) is 24.3 Å². The SMILES string of the molecule is CC(OC(=O)O)c1cccc2c1Cc1ccccc1-2. The van der Waals surface area contributed by atoms with E-state index >= 15 is 0 Å². The molecule has 2 aromatic carbocycles. The van der Waals surface area contributed by atoms with Crippen LogP contribution >= 0.6 is 0 Å². The van der Waals surface area contributed by atoms with E-state index in [9.17, 15) is 4.79 Å². The minimum Gasteiger partial charge on any atom is -0.450 e. The van der Waals surface area contributed by atoms with Crippen molar-refractivity contribution in [1.82, 2.24) is 0 Å². The first-order valence-electron chi connectivity index (χ1n) is 6.26. The van der Waals surface area contributed by atoms with Gasteiger partial charge in [0.05, 0.1) is 0 Å². The van der Waals surface area contributed by atoms with Gasteiger partial charge in [-0.2, -0.15) is 0 Å². The number of rotatable bonds is 2. The largest absolute Gasteiger partial charge is 0.506 e. The maximum atomic E-state index is 10.7. The Morgan fingerprint density at radius 1 is 1.16 bits per heavy atom. The van der Waals surface area contributed by atoms with Gasteiger partial charge in [-0.3, -0.25) is 0 Å². The summed E-state index contributed by atoms with van der Waals surface area (Å²) in [5, 5.41) is 8.75. The summed E-state index contributed by atoms with van der Waals surface area (Å²) in [5.74, 6) is 0. The number of hydrogen-bond acceptors (Lipinski definition) is 2. The molecule has 0 aromatic heterocycles. The van der Waals surface area contributed by atoms with Crippen LogP contribution in [0.15, 0.2) is 42.5 Å². The van der Waals surface area contributed by atoms with Crippen LogP contribution < -0.4 is 0 Å². The second kappa shape index (κ2) is 4.43. The fourth-order valence-electron chi connectivity index (χ4n) is 2.78. The Morgan fingerprint density at radius 2 is 1.89 bits per heavy atom. The molecule has 1 aliphatic carbocycles. The Kier molecular flexibility index (Phi) is 2.75. The van der Waals surface area contributed by atoms with Crippen molar-refractivity contribution in [3.63, 3.8) is 0 Å². The smallest absolute Gasteiger partial charge is 0.450 e. The molecule has 0 fully saturated rings. The van der Waals surface area contributed by atoms with Crippen LogP contribution in [0.25, 0.3) is 11.1 Å². The Bertz CT molecular complexity index is 646. The first-order chi connectivity index (χ1) is 9.16. The maximum absolute atomic E-state index is 10.7. The lowest BCUT2D eigenvalue weighted by Crippen LogP contribution is -2.07. The number of ether oxygens (including phenoxy) is 1. The van der Waals surface area contributed by atoms with Gasteiger partial charge in [-0.15, -0.1) is 0 Å². The fraction of sp³-hybridized carbons (Fsp3) is 0.188. The normalized spacial score (nSPS) is 13.5. The number of carboxylic acid groups (broad SMARTS) is 1. The lowest BCUT2D eigenvalue weighted by molar-refractivity contribution is 0.0585. The molecule has 3 heteroatoms. The van der Waals surface area contributed by atoms with Gasteiger partial charge in [-0.1, -0.05) is 42.5 Å². The molecule has 1 aliphatic rings. The van der Waals surface area contributed by atoms with E-state index in [2.05, 4.69) is 18.2 Å². The first kappa shape index (κ1) is 11.8. The summed E-state index contributed by atoms with van der Waals surface area (Å²) < 4.78 is 4.88. The topological polar surface area (TPSA) is 46.5 Å². The molecule has 0 saturated carbocycles. The quantitative estimate of drug-likeness (QED) is 0.703. The third-order valence-corrected chi connectivity index (χ3v) is 3.60. The van der Waals surface area contributed by atoms with Crippen molar-refractivity contribution < 1.29 is 14.6 Å². The zero-order valence-electron chi connectivity index (χ0n) is 10.6. The molecule has 3 rings (SSSR count). The minimum absolute atomic E-state index is 0.443. The molecular formula is C16H14O3. The van der Waals surface area contributed by atoms with Gasteiger partial charge in [0.1, 0.15) is 6.10 Å². The molecule has 0 radical (unpaired) electrons. The second-order valence-corrected chi connectivity index (χ2v) is 4.73. The lowest BCUT2D eigenvalue weighted by Gasteiger charge is -2.15. The zero-order valence-corrected chi connectivity index (χ0v) is 10.6. The molecular weight excluding hydrogens is 240 g/mol. The van der Waals surface area contributed by atoms with Crippen molar-refractivity contribution in [3.8, 4) is 11.1 Å². The van der Waals surface area contributed by atoms with Gasteiger partial charge in [0.15, 0.2) is 0 Å². The Morgan fingerprint density at radius 3 is 2.68 bits per heavy atom. The van der Waals surface area contributed by atoms with Crippen LogP contribution in [0.2, 0.25) is 0 Å². The van der Waals surface area contributed by atoms with E-state index in [0.717, 1.165) is 12.0 Å².